The summed E-state index contributed by atoms with van der Waals surface area (Å²) in [6, 6.07) is 9.45. The Kier molecular flexibility index (Phi) is 6.76. The molecule has 2 N–H and O–H groups in total. The van der Waals surface area contributed by atoms with Crippen LogP contribution in [0, 0.1) is 0 Å². The molecule has 0 spiro atoms. The summed E-state index contributed by atoms with van der Waals surface area (Å²) in [5.41, 5.74) is 0.271. The quantitative estimate of drug-likeness (QED) is 0.679. The zero-order chi connectivity index (χ0) is 17.6. The van der Waals surface area contributed by atoms with Gasteiger partial charge in [-0.2, -0.15) is 0 Å². The Bertz CT molecular complexity index is 805. The molecule has 0 fully saturated rings. The lowest BCUT2D eigenvalue weighted by atomic mass is 10.2. The van der Waals surface area contributed by atoms with E-state index in [4.69, 9.17) is 16.3 Å². The molecule has 0 aliphatic rings. The van der Waals surface area contributed by atoms with Gasteiger partial charge in [-0.3, -0.25) is 4.79 Å². The Balaban J connectivity index is 2.04. The normalized spacial score (nSPS) is 11.4. The molecular weight excluding hydrogens is 372 g/mol. The van der Waals surface area contributed by atoms with Crippen molar-refractivity contribution in [1.29, 1.82) is 0 Å². The highest BCUT2D eigenvalue weighted by Crippen LogP contribution is 2.21. The van der Waals surface area contributed by atoms with Crippen LogP contribution in [0.2, 0.25) is 4.34 Å². The number of rotatable bonds is 8. The monoisotopic (exact) mass is 388 g/mol. The molecule has 0 radical (unpaired) electrons. The van der Waals surface area contributed by atoms with Crippen molar-refractivity contribution in [2.45, 2.75) is 11.4 Å². The average molecular weight is 389 g/mol. The highest BCUT2D eigenvalue weighted by Gasteiger charge is 2.15. The van der Waals surface area contributed by atoms with Crippen molar-refractivity contribution >= 4 is 38.9 Å². The number of amides is 1. The van der Waals surface area contributed by atoms with Gasteiger partial charge in [-0.05, 0) is 30.3 Å². The largest absolute Gasteiger partial charge is 0.383 e. The van der Waals surface area contributed by atoms with Gasteiger partial charge in [-0.1, -0.05) is 17.7 Å². The van der Waals surface area contributed by atoms with Crippen LogP contribution in [0.3, 0.4) is 0 Å². The minimum absolute atomic E-state index is 0.0328. The van der Waals surface area contributed by atoms with Gasteiger partial charge in [0.1, 0.15) is 0 Å². The first-order valence-corrected chi connectivity index (χ1v) is 9.71. The van der Waals surface area contributed by atoms with Gasteiger partial charge >= 0.3 is 0 Å². The molecule has 1 amide bonds. The summed E-state index contributed by atoms with van der Waals surface area (Å²) in [6.07, 6.45) is 0. The van der Waals surface area contributed by atoms with E-state index in [1.54, 1.807) is 12.1 Å². The summed E-state index contributed by atoms with van der Waals surface area (Å²) in [4.78, 5) is 13.1. The summed E-state index contributed by atoms with van der Waals surface area (Å²) in [6.45, 7) is 0.760. The molecule has 2 aromatic rings. The Labute approximate surface area is 149 Å². The molecule has 6 nitrogen and oxygen atoms in total. The third-order valence-corrected chi connectivity index (χ3v) is 5.75. The summed E-state index contributed by atoms with van der Waals surface area (Å²) in [5, 5.41) is 2.74. The topological polar surface area (TPSA) is 84.5 Å². The number of methoxy groups -OCH3 is 1. The van der Waals surface area contributed by atoms with Crippen LogP contribution in [-0.4, -0.2) is 34.6 Å². The van der Waals surface area contributed by atoms with Crippen LogP contribution in [0.25, 0.3) is 0 Å². The summed E-state index contributed by atoms with van der Waals surface area (Å²) < 4.78 is 32.2. The van der Waals surface area contributed by atoms with E-state index in [-0.39, 0.29) is 29.5 Å². The number of nitrogens with one attached hydrogen (secondary N) is 2. The number of thiophene rings is 1. The number of carbonyl (C=O) groups excluding carboxylic acids is 1. The van der Waals surface area contributed by atoms with Crippen LogP contribution in [0.15, 0.2) is 41.3 Å². The van der Waals surface area contributed by atoms with E-state index in [0.717, 1.165) is 4.88 Å². The minimum atomic E-state index is -3.68. The number of hydrogen-bond acceptors (Lipinski definition) is 5. The molecule has 0 bridgehead atoms. The van der Waals surface area contributed by atoms with Gasteiger partial charge in [0.2, 0.25) is 10.0 Å². The summed E-state index contributed by atoms with van der Waals surface area (Å²) >= 11 is 7.22. The molecular formula is C15H17ClN2O4S2. The highest BCUT2D eigenvalue weighted by atomic mass is 35.5. The smallest absolute Gasteiger partial charge is 0.251 e. The average Bonchev–Trinajstić information content (AvgIpc) is 2.98. The molecule has 24 heavy (non-hydrogen) atoms. The van der Waals surface area contributed by atoms with Gasteiger partial charge in [-0.25, -0.2) is 13.1 Å². The van der Waals surface area contributed by atoms with Gasteiger partial charge in [0.25, 0.3) is 5.91 Å². The number of benzene rings is 1. The van der Waals surface area contributed by atoms with Crippen LogP contribution in [0.1, 0.15) is 15.2 Å². The molecule has 0 saturated heterocycles. The van der Waals surface area contributed by atoms with Crippen molar-refractivity contribution in [2.75, 3.05) is 20.3 Å². The van der Waals surface area contributed by atoms with E-state index in [1.807, 2.05) is 6.07 Å². The van der Waals surface area contributed by atoms with Crippen LogP contribution < -0.4 is 10.0 Å². The second-order valence-electron chi connectivity index (χ2n) is 4.81. The van der Waals surface area contributed by atoms with Crippen molar-refractivity contribution < 1.29 is 17.9 Å². The predicted molar refractivity (Wildman–Crippen MR) is 94.0 cm³/mol. The van der Waals surface area contributed by atoms with E-state index < -0.39 is 10.0 Å². The third-order valence-electron chi connectivity index (χ3n) is 3.06. The molecule has 0 aliphatic carbocycles. The Morgan fingerprint density at radius 2 is 2.08 bits per heavy atom. The predicted octanol–water partition coefficient (Wildman–Crippen LogP) is 2.26. The minimum Gasteiger partial charge on any atom is -0.383 e. The van der Waals surface area contributed by atoms with E-state index in [0.29, 0.717) is 10.9 Å². The van der Waals surface area contributed by atoms with Gasteiger partial charge in [0.05, 0.1) is 22.4 Å². The molecule has 0 unspecified atom stereocenters. The number of carbonyl (C=O) groups is 1. The lowest BCUT2D eigenvalue weighted by Gasteiger charge is -2.08. The molecule has 0 aliphatic heterocycles. The Hall–Kier alpha value is -1.45. The van der Waals surface area contributed by atoms with Crippen LogP contribution in [0.4, 0.5) is 0 Å². The highest BCUT2D eigenvalue weighted by molar-refractivity contribution is 7.89. The first-order chi connectivity index (χ1) is 11.4. The summed E-state index contributed by atoms with van der Waals surface area (Å²) in [5.74, 6) is -0.353. The number of ether oxygens (including phenoxy) is 1. The van der Waals surface area contributed by atoms with Crippen molar-refractivity contribution in [3.63, 3.8) is 0 Å². The van der Waals surface area contributed by atoms with Crippen molar-refractivity contribution in [3.05, 3.63) is 51.2 Å². The first-order valence-electron chi connectivity index (χ1n) is 7.03. The fourth-order valence-corrected chi connectivity index (χ4v) is 3.97. The number of sulfonamides is 1. The zero-order valence-electron chi connectivity index (χ0n) is 12.9. The Morgan fingerprint density at radius 3 is 2.75 bits per heavy atom. The first kappa shape index (κ1) is 18.9. The second-order valence-corrected chi connectivity index (χ2v) is 8.37. The van der Waals surface area contributed by atoms with Gasteiger partial charge in [-0.15, -0.1) is 11.3 Å². The SMILES string of the molecule is COCCNS(=O)(=O)c1cccc(C(=O)NCc2ccc(Cl)s2)c1. The molecule has 9 heteroatoms. The molecule has 0 saturated carbocycles. The molecule has 0 atom stereocenters. The van der Waals surface area contributed by atoms with Crippen LogP contribution in [0.5, 0.6) is 0 Å². The fraction of sp³-hybridized carbons (Fsp3) is 0.267. The molecule has 1 aromatic heterocycles. The maximum atomic E-state index is 12.2. The third kappa shape index (κ3) is 5.29. The van der Waals surface area contributed by atoms with Crippen molar-refractivity contribution in [1.82, 2.24) is 10.0 Å². The van der Waals surface area contributed by atoms with Crippen molar-refractivity contribution in [3.8, 4) is 0 Å². The van der Waals surface area contributed by atoms with E-state index >= 15 is 0 Å². The van der Waals surface area contributed by atoms with E-state index in [9.17, 15) is 13.2 Å². The second kappa shape index (κ2) is 8.59. The Morgan fingerprint density at radius 1 is 1.29 bits per heavy atom. The molecule has 130 valence electrons. The fourth-order valence-electron chi connectivity index (χ4n) is 1.88. The molecule has 1 aromatic carbocycles. The maximum Gasteiger partial charge on any atom is 0.251 e. The standard InChI is InChI=1S/C15H17ClN2O4S2/c1-22-8-7-18-24(20,21)13-4-2-3-11(9-13)15(19)17-10-12-5-6-14(16)23-12/h2-6,9,18H,7-8,10H2,1H3,(H,17,19). The van der Waals surface area contributed by atoms with Crippen LogP contribution >= 0.6 is 22.9 Å². The van der Waals surface area contributed by atoms with Gasteiger partial charge in [0, 0.05) is 24.1 Å². The number of halogens is 1. The molecule has 1 heterocycles. The lowest BCUT2D eigenvalue weighted by Crippen LogP contribution is -2.28. The zero-order valence-corrected chi connectivity index (χ0v) is 15.3. The van der Waals surface area contributed by atoms with Gasteiger partial charge in [0.15, 0.2) is 0 Å². The van der Waals surface area contributed by atoms with Crippen molar-refractivity contribution in [2.24, 2.45) is 0 Å². The van der Waals surface area contributed by atoms with Crippen LogP contribution in [-0.2, 0) is 21.3 Å². The number of hydrogen-bond donors (Lipinski definition) is 2. The summed E-state index contributed by atoms with van der Waals surface area (Å²) in [7, 11) is -2.19. The van der Waals surface area contributed by atoms with E-state index in [2.05, 4.69) is 10.0 Å². The van der Waals surface area contributed by atoms with E-state index in [1.165, 1.54) is 36.6 Å². The maximum absolute atomic E-state index is 12.2. The van der Waals surface area contributed by atoms with Gasteiger partial charge < -0.3 is 10.1 Å². The lowest BCUT2D eigenvalue weighted by molar-refractivity contribution is 0.0951. The molecule has 2 rings (SSSR count).